The zero-order valence-corrected chi connectivity index (χ0v) is 18.9. The maximum Gasteiger partial charge on any atom is 0.312 e. The Hall–Kier alpha value is -2.57. The molecule has 2 aliphatic rings. The topological polar surface area (TPSA) is 84.9 Å². The number of ether oxygens (including phenoxy) is 2. The standard InChI is InChI=1S/C24H34N2O5/c1-15-6-5-7-21(16(15)2)26-14-19(12-22(26)27)24(29)31-17(3)23(28)25-13-18-8-10-20(30-4)11-9-18/h8-11,15-17,19,21H,5-7,12-14H2,1-4H3,(H,25,28)/t15-,16-,17+,19-,21-/m1/s1. The fraction of sp³-hybridized carbons (Fsp3) is 0.625. The lowest BCUT2D eigenvalue weighted by Gasteiger charge is -2.39. The van der Waals surface area contributed by atoms with Gasteiger partial charge in [0.2, 0.25) is 5.91 Å². The van der Waals surface area contributed by atoms with Gasteiger partial charge >= 0.3 is 5.97 Å². The Bertz CT molecular complexity index is 794. The number of hydrogen-bond donors (Lipinski definition) is 1. The molecule has 1 aliphatic carbocycles. The molecular weight excluding hydrogens is 396 g/mol. The van der Waals surface area contributed by atoms with Gasteiger partial charge in [-0.15, -0.1) is 0 Å². The van der Waals surface area contributed by atoms with Crippen LogP contribution < -0.4 is 10.1 Å². The van der Waals surface area contributed by atoms with E-state index in [4.69, 9.17) is 9.47 Å². The van der Waals surface area contributed by atoms with Crippen LogP contribution in [0.1, 0.15) is 52.0 Å². The molecule has 7 nitrogen and oxygen atoms in total. The molecule has 1 N–H and O–H groups in total. The predicted octanol–water partition coefficient (Wildman–Crippen LogP) is 2.92. The van der Waals surface area contributed by atoms with E-state index >= 15 is 0 Å². The van der Waals surface area contributed by atoms with Crippen LogP contribution in [0.2, 0.25) is 0 Å². The molecule has 0 bridgehead atoms. The maximum atomic E-state index is 12.6. The smallest absolute Gasteiger partial charge is 0.312 e. The van der Waals surface area contributed by atoms with Crippen LogP contribution in [0.4, 0.5) is 0 Å². The summed E-state index contributed by atoms with van der Waals surface area (Å²) in [7, 11) is 1.60. The normalized spacial score (nSPS) is 27.0. The van der Waals surface area contributed by atoms with E-state index in [2.05, 4.69) is 19.2 Å². The largest absolute Gasteiger partial charge is 0.497 e. The van der Waals surface area contributed by atoms with Crippen LogP contribution in [0, 0.1) is 17.8 Å². The average molecular weight is 431 g/mol. The van der Waals surface area contributed by atoms with E-state index in [-0.39, 0.29) is 24.3 Å². The number of nitrogens with zero attached hydrogens (tertiary/aromatic N) is 1. The Labute approximate surface area is 184 Å². The summed E-state index contributed by atoms with van der Waals surface area (Å²) in [4.78, 5) is 39.5. The summed E-state index contributed by atoms with van der Waals surface area (Å²) in [6.07, 6.45) is 2.54. The Morgan fingerprint density at radius 2 is 1.90 bits per heavy atom. The molecule has 0 aromatic heterocycles. The molecule has 170 valence electrons. The highest BCUT2D eigenvalue weighted by molar-refractivity contribution is 5.89. The molecule has 3 rings (SSSR count). The van der Waals surface area contributed by atoms with Crippen LogP contribution in [-0.4, -0.2) is 48.5 Å². The van der Waals surface area contributed by atoms with Crippen molar-refractivity contribution in [2.45, 2.75) is 65.1 Å². The lowest BCUT2D eigenvalue weighted by atomic mass is 9.77. The molecule has 0 unspecified atom stereocenters. The zero-order chi connectivity index (χ0) is 22.5. The van der Waals surface area contributed by atoms with Gasteiger partial charge in [-0.3, -0.25) is 14.4 Å². The number of likely N-dealkylation sites (tertiary alicyclic amines) is 1. The Kier molecular flexibility index (Phi) is 7.57. The van der Waals surface area contributed by atoms with E-state index in [1.54, 1.807) is 14.0 Å². The van der Waals surface area contributed by atoms with E-state index in [0.29, 0.717) is 24.9 Å². The molecule has 31 heavy (non-hydrogen) atoms. The number of benzene rings is 1. The van der Waals surface area contributed by atoms with Crippen molar-refractivity contribution in [3.05, 3.63) is 29.8 Å². The molecule has 1 aromatic carbocycles. The van der Waals surface area contributed by atoms with Crippen molar-refractivity contribution in [1.82, 2.24) is 10.2 Å². The number of esters is 1. The van der Waals surface area contributed by atoms with Crippen molar-refractivity contribution < 1.29 is 23.9 Å². The van der Waals surface area contributed by atoms with Crippen molar-refractivity contribution in [2.75, 3.05) is 13.7 Å². The molecule has 2 fully saturated rings. The molecular formula is C24H34N2O5. The SMILES string of the molecule is COc1ccc(CNC(=O)[C@H](C)OC(=O)[C@@H]2CC(=O)N([C@@H]3CCC[C@@H](C)[C@H]3C)C2)cc1. The third kappa shape index (κ3) is 5.57. The fourth-order valence-electron chi connectivity index (χ4n) is 4.60. The van der Waals surface area contributed by atoms with Crippen molar-refractivity contribution in [3.63, 3.8) is 0 Å². The monoisotopic (exact) mass is 430 g/mol. The Morgan fingerprint density at radius 1 is 1.19 bits per heavy atom. The number of amides is 2. The molecule has 1 aromatic rings. The summed E-state index contributed by atoms with van der Waals surface area (Å²) in [5.74, 6) is 0.425. The van der Waals surface area contributed by atoms with Gasteiger partial charge in [0.1, 0.15) is 5.75 Å². The molecule has 1 heterocycles. The van der Waals surface area contributed by atoms with E-state index in [1.165, 1.54) is 6.42 Å². The first-order chi connectivity index (χ1) is 14.8. The molecule has 1 aliphatic heterocycles. The second-order valence-electron chi connectivity index (χ2n) is 8.93. The zero-order valence-electron chi connectivity index (χ0n) is 18.9. The summed E-state index contributed by atoms with van der Waals surface area (Å²) >= 11 is 0. The van der Waals surface area contributed by atoms with Crippen molar-refractivity contribution in [2.24, 2.45) is 17.8 Å². The summed E-state index contributed by atoms with van der Waals surface area (Å²) in [6, 6.07) is 7.56. The highest BCUT2D eigenvalue weighted by Gasteiger charge is 2.42. The lowest BCUT2D eigenvalue weighted by Crippen LogP contribution is -2.45. The van der Waals surface area contributed by atoms with Gasteiger partial charge in [0.15, 0.2) is 6.10 Å². The third-order valence-electron chi connectivity index (χ3n) is 6.84. The van der Waals surface area contributed by atoms with Crippen LogP contribution in [0.15, 0.2) is 24.3 Å². The second kappa shape index (κ2) is 10.2. The Morgan fingerprint density at radius 3 is 2.58 bits per heavy atom. The van der Waals surface area contributed by atoms with E-state index in [0.717, 1.165) is 24.2 Å². The van der Waals surface area contributed by atoms with E-state index < -0.39 is 18.0 Å². The first-order valence-electron chi connectivity index (χ1n) is 11.2. The highest BCUT2D eigenvalue weighted by atomic mass is 16.5. The van der Waals surface area contributed by atoms with Gasteiger partial charge in [0.05, 0.1) is 13.0 Å². The molecule has 2 amide bonds. The van der Waals surface area contributed by atoms with Gasteiger partial charge in [-0.2, -0.15) is 0 Å². The molecule has 0 radical (unpaired) electrons. The third-order valence-corrected chi connectivity index (χ3v) is 6.84. The summed E-state index contributed by atoms with van der Waals surface area (Å²) < 4.78 is 10.5. The van der Waals surface area contributed by atoms with Crippen LogP contribution >= 0.6 is 0 Å². The summed E-state index contributed by atoms with van der Waals surface area (Å²) in [5.41, 5.74) is 0.917. The molecule has 1 saturated heterocycles. The van der Waals surface area contributed by atoms with Gasteiger partial charge in [-0.1, -0.05) is 38.8 Å². The summed E-state index contributed by atoms with van der Waals surface area (Å²) in [6.45, 7) is 6.70. The lowest BCUT2D eigenvalue weighted by molar-refractivity contribution is -0.158. The fourth-order valence-corrected chi connectivity index (χ4v) is 4.60. The van der Waals surface area contributed by atoms with Crippen LogP contribution in [0.25, 0.3) is 0 Å². The van der Waals surface area contributed by atoms with Gasteiger partial charge in [-0.05, 0) is 42.9 Å². The first kappa shape index (κ1) is 23.1. The summed E-state index contributed by atoms with van der Waals surface area (Å²) in [5, 5.41) is 2.78. The van der Waals surface area contributed by atoms with Gasteiger partial charge in [0, 0.05) is 25.6 Å². The number of nitrogens with one attached hydrogen (secondary N) is 1. The minimum absolute atomic E-state index is 0.0181. The van der Waals surface area contributed by atoms with E-state index in [9.17, 15) is 14.4 Å². The molecule has 7 heteroatoms. The van der Waals surface area contributed by atoms with Crippen LogP contribution in [0.3, 0.4) is 0 Å². The number of methoxy groups -OCH3 is 1. The average Bonchev–Trinajstić information content (AvgIpc) is 3.15. The van der Waals surface area contributed by atoms with Gasteiger partial charge in [-0.25, -0.2) is 0 Å². The second-order valence-corrected chi connectivity index (χ2v) is 8.93. The van der Waals surface area contributed by atoms with Gasteiger partial charge in [0.25, 0.3) is 5.91 Å². The minimum Gasteiger partial charge on any atom is -0.497 e. The Balaban J connectivity index is 1.48. The molecule has 5 atom stereocenters. The first-order valence-corrected chi connectivity index (χ1v) is 11.2. The minimum atomic E-state index is -0.913. The van der Waals surface area contributed by atoms with E-state index in [1.807, 2.05) is 29.2 Å². The number of carbonyl (C=O) groups is 3. The quantitative estimate of drug-likeness (QED) is 0.673. The van der Waals surface area contributed by atoms with Crippen molar-refractivity contribution in [3.8, 4) is 5.75 Å². The number of rotatable bonds is 7. The number of carbonyl (C=O) groups excluding carboxylic acids is 3. The number of hydrogen-bond acceptors (Lipinski definition) is 5. The molecule has 1 saturated carbocycles. The van der Waals surface area contributed by atoms with Gasteiger partial charge < -0.3 is 19.7 Å². The maximum absolute atomic E-state index is 12.6. The highest BCUT2D eigenvalue weighted by Crippen LogP contribution is 2.36. The van der Waals surface area contributed by atoms with Crippen LogP contribution in [0.5, 0.6) is 5.75 Å². The van der Waals surface area contributed by atoms with Crippen molar-refractivity contribution >= 4 is 17.8 Å². The van der Waals surface area contributed by atoms with Crippen molar-refractivity contribution in [1.29, 1.82) is 0 Å². The predicted molar refractivity (Wildman–Crippen MR) is 116 cm³/mol. The van der Waals surface area contributed by atoms with Crippen LogP contribution in [-0.2, 0) is 25.7 Å². The molecule has 0 spiro atoms.